The largest absolute Gasteiger partial charge is 0.206 e. The predicted octanol–water partition coefficient (Wildman–Crippen LogP) is 6.50. The topological polar surface area (TPSA) is 23.8 Å². The molecule has 28 heavy (non-hydrogen) atoms. The standard InChI is InChI=1S/C26H22FN/c1-2-3-4-5-20-10-13-23(14-11-20)25-17-16-24(26(27)18-25)15-12-21-6-8-22(19-28)9-7-21/h6-11,13-14,16-18H,2-5H2,1H3. The molecule has 0 aliphatic carbocycles. The maximum atomic E-state index is 14.5. The molecule has 3 aromatic carbocycles. The van der Waals surface area contributed by atoms with Gasteiger partial charge < -0.3 is 0 Å². The highest BCUT2D eigenvalue weighted by atomic mass is 19.1. The highest BCUT2D eigenvalue weighted by Gasteiger charge is 2.04. The third-order valence-corrected chi connectivity index (χ3v) is 4.68. The summed E-state index contributed by atoms with van der Waals surface area (Å²) in [6.07, 6.45) is 4.76. The first kappa shape index (κ1) is 19.4. The van der Waals surface area contributed by atoms with E-state index in [0.717, 1.165) is 23.1 Å². The molecule has 138 valence electrons. The molecule has 0 atom stereocenters. The van der Waals surface area contributed by atoms with E-state index in [-0.39, 0.29) is 5.82 Å². The molecule has 0 aliphatic heterocycles. The maximum Gasteiger partial charge on any atom is 0.139 e. The molecule has 0 fully saturated rings. The van der Waals surface area contributed by atoms with Crippen LogP contribution in [-0.4, -0.2) is 0 Å². The number of rotatable bonds is 5. The van der Waals surface area contributed by atoms with Gasteiger partial charge >= 0.3 is 0 Å². The van der Waals surface area contributed by atoms with Crippen LogP contribution in [0.15, 0.2) is 66.7 Å². The fourth-order valence-corrected chi connectivity index (χ4v) is 3.01. The van der Waals surface area contributed by atoms with Crippen LogP contribution in [0.1, 0.15) is 48.4 Å². The van der Waals surface area contributed by atoms with Crippen molar-refractivity contribution in [1.82, 2.24) is 0 Å². The summed E-state index contributed by atoms with van der Waals surface area (Å²) in [5, 5.41) is 8.82. The lowest BCUT2D eigenvalue weighted by Gasteiger charge is -2.06. The summed E-state index contributed by atoms with van der Waals surface area (Å²) in [7, 11) is 0. The van der Waals surface area contributed by atoms with E-state index in [2.05, 4.69) is 49.1 Å². The van der Waals surface area contributed by atoms with Gasteiger partial charge in [-0.2, -0.15) is 5.26 Å². The van der Waals surface area contributed by atoms with E-state index >= 15 is 0 Å². The minimum atomic E-state index is -0.328. The number of aryl methyl sites for hydroxylation is 1. The third-order valence-electron chi connectivity index (χ3n) is 4.68. The Morgan fingerprint density at radius 1 is 0.786 bits per heavy atom. The van der Waals surface area contributed by atoms with E-state index in [0.29, 0.717) is 11.1 Å². The van der Waals surface area contributed by atoms with Gasteiger partial charge in [-0.25, -0.2) is 4.39 Å². The van der Waals surface area contributed by atoms with E-state index in [1.807, 2.05) is 6.07 Å². The Morgan fingerprint density at radius 3 is 2.11 bits per heavy atom. The van der Waals surface area contributed by atoms with Gasteiger partial charge in [0.25, 0.3) is 0 Å². The van der Waals surface area contributed by atoms with Crippen molar-refractivity contribution in [3.63, 3.8) is 0 Å². The van der Waals surface area contributed by atoms with E-state index in [9.17, 15) is 4.39 Å². The fourth-order valence-electron chi connectivity index (χ4n) is 3.01. The van der Waals surface area contributed by atoms with Crippen molar-refractivity contribution in [3.8, 4) is 29.0 Å². The fraction of sp³-hybridized carbons (Fsp3) is 0.192. The van der Waals surface area contributed by atoms with Crippen LogP contribution in [0.4, 0.5) is 4.39 Å². The predicted molar refractivity (Wildman–Crippen MR) is 112 cm³/mol. The number of nitriles is 1. The van der Waals surface area contributed by atoms with Gasteiger partial charge in [-0.3, -0.25) is 0 Å². The van der Waals surface area contributed by atoms with Crippen LogP contribution in [0.5, 0.6) is 0 Å². The molecule has 0 radical (unpaired) electrons. The Morgan fingerprint density at radius 2 is 1.46 bits per heavy atom. The Kier molecular flexibility index (Phi) is 6.61. The molecule has 0 saturated heterocycles. The molecular formula is C26H22FN. The molecule has 2 heteroatoms. The molecule has 0 N–H and O–H groups in total. The van der Waals surface area contributed by atoms with Gasteiger partial charge in [0.15, 0.2) is 0 Å². The summed E-state index contributed by atoms with van der Waals surface area (Å²) in [6.45, 7) is 2.20. The van der Waals surface area contributed by atoms with Gasteiger partial charge in [0.2, 0.25) is 0 Å². The summed E-state index contributed by atoms with van der Waals surface area (Å²) in [4.78, 5) is 0. The minimum absolute atomic E-state index is 0.328. The van der Waals surface area contributed by atoms with Gasteiger partial charge in [-0.1, -0.05) is 61.9 Å². The van der Waals surface area contributed by atoms with Crippen LogP contribution in [0.2, 0.25) is 0 Å². The molecule has 0 saturated carbocycles. The van der Waals surface area contributed by atoms with E-state index in [4.69, 9.17) is 5.26 Å². The van der Waals surface area contributed by atoms with Crippen molar-refractivity contribution in [2.45, 2.75) is 32.6 Å². The molecular weight excluding hydrogens is 345 g/mol. The van der Waals surface area contributed by atoms with E-state index < -0.39 is 0 Å². The van der Waals surface area contributed by atoms with Crippen LogP contribution < -0.4 is 0 Å². The van der Waals surface area contributed by atoms with Gasteiger partial charge in [-0.05, 0) is 65.9 Å². The lowest BCUT2D eigenvalue weighted by molar-refractivity contribution is 0.625. The highest BCUT2D eigenvalue weighted by molar-refractivity contribution is 5.65. The molecule has 3 aromatic rings. The number of nitrogens with zero attached hydrogens (tertiary/aromatic N) is 1. The zero-order valence-corrected chi connectivity index (χ0v) is 16.0. The number of unbranched alkanes of at least 4 members (excludes halogenated alkanes) is 2. The molecule has 1 nitrogen and oxygen atoms in total. The normalized spacial score (nSPS) is 10.0. The summed E-state index contributed by atoms with van der Waals surface area (Å²) in [6, 6.07) is 22.5. The third kappa shape index (κ3) is 5.09. The van der Waals surface area contributed by atoms with Crippen molar-refractivity contribution >= 4 is 0 Å². The quantitative estimate of drug-likeness (QED) is 0.373. The van der Waals surface area contributed by atoms with Gasteiger partial charge in [-0.15, -0.1) is 0 Å². The van der Waals surface area contributed by atoms with Crippen molar-refractivity contribution in [3.05, 3.63) is 94.8 Å². The van der Waals surface area contributed by atoms with Crippen molar-refractivity contribution < 1.29 is 4.39 Å². The van der Waals surface area contributed by atoms with E-state index in [1.54, 1.807) is 30.3 Å². The second-order valence-corrected chi connectivity index (χ2v) is 6.79. The molecule has 3 rings (SSSR count). The molecule has 0 bridgehead atoms. The number of halogens is 1. The second kappa shape index (κ2) is 9.54. The first-order valence-corrected chi connectivity index (χ1v) is 9.60. The Labute approximate surface area is 166 Å². The lowest BCUT2D eigenvalue weighted by atomic mass is 10.00. The van der Waals surface area contributed by atoms with Crippen LogP contribution in [0.3, 0.4) is 0 Å². The summed E-state index contributed by atoms with van der Waals surface area (Å²) < 4.78 is 14.5. The Bertz CT molecular complexity index is 1030. The highest BCUT2D eigenvalue weighted by Crippen LogP contribution is 2.23. The summed E-state index contributed by atoms with van der Waals surface area (Å²) in [5.41, 5.74) is 4.87. The second-order valence-electron chi connectivity index (χ2n) is 6.79. The number of benzene rings is 3. The van der Waals surface area contributed by atoms with Gasteiger partial charge in [0.1, 0.15) is 5.82 Å². The summed E-state index contributed by atoms with van der Waals surface area (Å²) >= 11 is 0. The first-order chi connectivity index (χ1) is 13.7. The molecule has 0 heterocycles. The van der Waals surface area contributed by atoms with Crippen LogP contribution >= 0.6 is 0 Å². The van der Waals surface area contributed by atoms with Crippen molar-refractivity contribution in [2.75, 3.05) is 0 Å². The van der Waals surface area contributed by atoms with E-state index in [1.165, 1.54) is 30.9 Å². The smallest absolute Gasteiger partial charge is 0.139 e. The van der Waals surface area contributed by atoms with Crippen molar-refractivity contribution in [1.29, 1.82) is 5.26 Å². The Balaban J connectivity index is 1.73. The molecule has 0 aliphatic rings. The molecule has 0 amide bonds. The van der Waals surface area contributed by atoms with Crippen LogP contribution in [0, 0.1) is 29.0 Å². The first-order valence-electron chi connectivity index (χ1n) is 9.60. The zero-order chi connectivity index (χ0) is 19.8. The van der Waals surface area contributed by atoms with Crippen molar-refractivity contribution in [2.24, 2.45) is 0 Å². The van der Waals surface area contributed by atoms with Gasteiger partial charge in [0.05, 0.1) is 17.2 Å². The molecule has 0 unspecified atom stereocenters. The van der Waals surface area contributed by atoms with Gasteiger partial charge in [0, 0.05) is 5.56 Å². The zero-order valence-electron chi connectivity index (χ0n) is 16.0. The lowest BCUT2D eigenvalue weighted by Crippen LogP contribution is -1.88. The van der Waals surface area contributed by atoms with Crippen LogP contribution in [0.25, 0.3) is 11.1 Å². The Hall–Kier alpha value is -3.36. The SMILES string of the molecule is CCCCCc1ccc(-c2ccc(C#Cc3ccc(C#N)cc3)c(F)c2)cc1. The monoisotopic (exact) mass is 367 g/mol. The summed E-state index contributed by atoms with van der Waals surface area (Å²) in [5.74, 6) is 5.49. The van der Waals surface area contributed by atoms with Crippen LogP contribution in [-0.2, 0) is 6.42 Å². The molecule has 0 aromatic heterocycles. The average molecular weight is 367 g/mol. The maximum absolute atomic E-state index is 14.5. The average Bonchev–Trinajstić information content (AvgIpc) is 2.74. The molecule has 0 spiro atoms. The number of hydrogen-bond acceptors (Lipinski definition) is 1. The minimum Gasteiger partial charge on any atom is -0.206 e. The number of hydrogen-bond donors (Lipinski definition) is 0.